The summed E-state index contributed by atoms with van der Waals surface area (Å²) in [5, 5.41) is 11.7. The number of carbonyl (C=O) groups is 2. The highest BCUT2D eigenvalue weighted by Gasteiger charge is 2.47. The second kappa shape index (κ2) is 9.23. The number of ketones is 1. The summed E-state index contributed by atoms with van der Waals surface area (Å²) in [5.41, 5.74) is 3.22. The van der Waals surface area contributed by atoms with Gasteiger partial charge in [-0.3, -0.25) is 14.5 Å². The minimum absolute atomic E-state index is 0.0218. The number of aliphatic hydroxyl groups excluding tert-OH is 1. The number of halogens is 1. The standard InChI is InChI=1S/C27H25ClN2O4/c1-16-14-20(26(34-4)21(28)15-16)24(31)22-23(17-10-12-18(13-11-17)29(2)3)30(27(33)25(22)32)19-8-6-5-7-9-19/h5-15,23,31H,1-4H3/b24-22+. The highest BCUT2D eigenvalue weighted by atomic mass is 35.5. The molecule has 6 nitrogen and oxygen atoms in total. The summed E-state index contributed by atoms with van der Waals surface area (Å²) in [6, 6.07) is 19.0. The predicted molar refractivity (Wildman–Crippen MR) is 135 cm³/mol. The molecule has 1 aliphatic rings. The van der Waals surface area contributed by atoms with Crippen LogP contribution in [0.15, 0.2) is 72.3 Å². The quantitative estimate of drug-likeness (QED) is 0.305. The molecular formula is C27H25ClN2O4. The summed E-state index contributed by atoms with van der Waals surface area (Å²) in [6.45, 7) is 1.82. The fourth-order valence-corrected chi connectivity index (χ4v) is 4.57. The smallest absolute Gasteiger partial charge is 0.300 e. The molecular weight excluding hydrogens is 452 g/mol. The third-order valence-electron chi connectivity index (χ3n) is 5.85. The number of benzene rings is 3. The summed E-state index contributed by atoms with van der Waals surface area (Å²) in [5.74, 6) is -1.59. The Bertz CT molecular complexity index is 1280. The first-order chi connectivity index (χ1) is 16.2. The van der Waals surface area contributed by atoms with Crippen molar-refractivity contribution in [1.29, 1.82) is 0 Å². The number of aryl methyl sites for hydroxylation is 1. The third kappa shape index (κ3) is 4.01. The Kier molecular flexibility index (Phi) is 6.35. The van der Waals surface area contributed by atoms with Gasteiger partial charge in [0.1, 0.15) is 11.5 Å². The molecule has 0 spiro atoms. The molecule has 1 saturated heterocycles. The lowest BCUT2D eigenvalue weighted by Gasteiger charge is -2.26. The minimum Gasteiger partial charge on any atom is -0.507 e. The lowest BCUT2D eigenvalue weighted by atomic mass is 9.94. The molecule has 174 valence electrons. The maximum absolute atomic E-state index is 13.3. The van der Waals surface area contributed by atoms with Gasteiger partial charge in [-0.15, -0.1) is 0 Å². The van der Waals surface area contributed by atoms with Crippen LogP contribution in [0.25, 0.3) is 5.76 Å². The number of para-hydroxylation sites is 1. The van der Waals surface area contributed by atoms with Gasteiger partial charge in [0.05, 0.1) is 29.3 Å². The molecule has 0 radical (unpaired) electrons. The van der Waals surface area contributed by atoms with E-state index in [9.17, 15) is 14.7 Å². The highest BCUT2D eigenvalue weighted by molar-refractivity contribution is 6.51. The van der Waals surface area contributed by atoms with Crippen LogP contribution in [0.3, 0.4) is 0 Å². The third-order valence-corrected chi connectivity index (χ3v) is 6.13. The van der Waals surface area contributed by atoms with Gasteiger partial charge in [-0.05, 0) is 54.4 Å². The fraction of sp³-hybridized carbons (Fsp3) is 0.185. The van der Waals surface area contributed by atoms with Crippen molar-refractivity contribution in [2.45, 2.75) is 13.0 Å². The van der Waals surface area contributed by atoms with Gasteiger partial charge >= 0.3 is 0 Å². The number of amides is 1. The van der Waals surface area contributed by atoms with Gasteiger partial charge in [-0.25, -0.2) is 0 Å². The summed E-state index contributed by atoms with van der Waals surface area (Å²) >= 11 is 6.35. The van der Waals surface area contributed by atoms with E-state index in [2.05, 4.69) is 0 Å². The summed E-state index contributed by atoms with van der Waals surface area (Å²) < 4.78 is 5.43. The molecule has 3 aromatic carbocycles. The molecule has 1 atom stereocenters. The molecule has 1 N–H and O–H groups in total. The lowest BCUT2D eigenvalue weighted by Crippen LogP contribution is -2.29. The van der Waals surface area contributed by atoms with Crippen molar-refractivity contribution < 1.29 is 19.4 Å². The Morgan fingerprint density at radius 3 is 2.26 bits per heavy atom. The van der Waals surface area contributed by atoms with E-state index in [0.717, 1.165) is 11.3 Å². The molecule has 1 unspecified atom stereocenters. The van der Waals surface area contributed by atoms with Crippen molar-refractivity contribution in [2.24, 2.45) is 0 Å². The summed E-state index contributed by atoms with van der Waals surface area (Å²) in [4.78, 5) is 30.0. The van der Waals surface area contributed by atoms with Crippen LogP contribution in [-0.2, 0) is 9.59 Å². The Hall–Kier alpha value is -3.77. The Labute approximate surface area is 203 Å². The molecule has 0 bridgehead atoms. The number of hydrogen-bond donors (Lipinski definition) is 1. The SMILES string of the molecule is COc1c(Cl)cc(C)cc1/C(O)=C1\C(=O)C(=O)N(c2ccccc2)C1c1ccc(N(C)C)cc1. The number of ether oxygens (including phenoxy) is 1. The van der Waals surface area contributed by atoms with E-state index in [-0.39, 0.29) is 22.6 Å². The van der Waals surface area contributed by atoms with Gasteiger partial charge in [-0.2, -0.15) is 0 Å². The molecule has 0 aliphatic carbocycles. The van der Waals surface area contributed by atoms with E-state index in [4.69, 9.17) is 16.3 Å². The zero-order valence-corrected chi connectivity index (χ0v) is 20.1. The van der Waals surface area contributed by atoms with E-state index in [1.807, 2.05) is 56.3 Å². The Morgan fingerprint density at radius 1 is 1.03 bits per heavy atom. The number of hydrogen-bond acceptors (Lipinski definition) is 5. The van der Waals surface area contributed by atoms with E-state index < -0.39 is 17.7 Å². The van der Waals surface area contributed by atoms with Crippen molar-refractivity contribution in [3.8, 4) is 5.75 Å². The maximum Gasteiger partial charge on any atom is 0.300 e. The molecule has 3 aromatic rings. The first kappa shape index (κ1) is 23.4. The van der Waals surface area contributed by atoms with Crippen LogP contribution in [0.2, 0.25) is 5.02 Å². The lowest BCUT2D eigenvalue weighted by molar-refractivity contribution is -0.132. The Balaban J connectivity index is 1.98. The maximum atomic E-state index is 13.3. The average Bonchev–Trinajstić information content (AvgIpc) is 3.09. The number of nitrogens with zero attached hydrogens (tertiary/aromatic N) is 2. The molecule has 1 heterocycles. The minimum atomic E-state index is -0.831. The zero-order chi connectivity index (χ0) is 24.6. The molecule has 7 heteroatoms. The molecule has 1 fully saturated rings. The largest absolute Gasteiger partial charge is 0.507 e. The van der Waals surface area contributed by atoms with Crippen LogP contribution in [0.5, 0.6) is 5.75 Å². The first-order valence-electron chi connectivity index (χ1n) is 10.7. The van der Waals surface area contributed by atoms with Crippen LogP contribution in [-0.4, -0.2) is 38.0 Å². The highest BCUT2D eigenvalue weighted by Crippen LogP contribution is 2.44. The molecule has 0 aromatic heterocycles. The average molecular weight is 477 g/mol. The predicted octanol–water partition coefficient (Wildman–Crippen LogP) is 5.35. The van der Waals surface area contributed by atoms with E-state index in [1.54, 1.807) is 36.4 Å². The number of anilines is 2. The number of methoxy groups -OCH3 is 1. The van der Waals surface area contributed by atoms with Gasteiger partial charge in [0.2, 0.25) is 0 Å². The second-order valence-corrected chi connectivity index (χ2v) is 8.73. The molecule has 0 saturated carbocycles. The van der Waals surface area contributed by atoms with Crippen LogP contribution in [0.4, 0.5) is 11.4 Å². The van der Waals surface area contributed by atoms with Crippen molar-refractivity contribution in [3.63, 3.8) is 0 Å². The van der Waals surface area contributed by atoms with Crippen molar-refractivity contribution in [1.82, 2.24) is 0 Å². The van der Waals surface area contributed by atoms with Crippen LogP contribution in [0.1, 0.15) is 22.7 Å². The molecule has 4 rings (SSSR count). The summed E-state index contributed by atoms with van der Waals surface area (Å²) in [7, 11) is 5.30. The summed E-state index contributed by atoms with van der Waals surface area (Å²) in [6.07, 6.45) is 0. The number of rotatable bonds is 5. The van der Waals surface area contributed by atoms with E-state index in [1.165, 1.54) is 12.0 Å². The second-order valence-electron chi connectivity index (χ2n) is 8.32. The van der Waals surface area contributed by atoms with E-state index >= 15 is 0 Å². The topological polar surface area (TPSA) is 70.1 Å². The normalized spacial score (nSPS) is 17.2. The van der Waals surface area contributed by atoms with Gasteiger partial charge in [0, 0.05) is 25.5 Å². The first-order valence-corrected chi connectivity index (χ1v) is 11.1. The number of aliphatic hydroxyl groups is 1. The van der Waals surface area contributed by atoms with Gasteiger partial charge < -0.3 is 14.7 Å². The van der Waals surface area contributed by atoms with Crippen LogP contribution < -0.4 is 14.5 Å². The number of carbonyl (C=O) groups excluding carboxylic acids is 2. The van der Waals surface area contributed by atoms with Crippen LogP contribution in [0, 0.1) is 6.92 Å². The molecule has 1 aliphatic heterocycles. The van der Waals surface area contributed by atoms with Gasteiger partial charge in [0.25, 0.3) is 11.7 Å². The van der Waals surface area contributed by atoms with Crippen molar-refractivity contribution >= 4 is 40.4 Å². The fourth-order valence-electron chi connectivity index (χ4n) is 4.21. The monoisotopic (exact) mass is 476 g/mol. The molecule has 34 heavy (non-hydrogen) atoms. The van der Waals surface area contributed by atoms with Gasteiger partial charge in [0.15, 0.2) is 0 Å². The van der Waals surface area contributed by atoms with Gasteiger partial charge in [-0.1, -0.05) is 41.9 Å². The van der Waals surface area contributed by atoms with Crippen LogP contribution >= 0.6 is 11.6 Å². The molecule has 1 amide bonds. The Morgan fingerprint density at radius 2 is 1.68 bits per heavy atom. The zero-order valence-electron chi connectivity index (χ0n) is 19.4. The van der Waals surface area contributed by atoms with Crippen molar-refractivity contribution in [2.75, 3.05) is 31.0 Å². The van der Waals surface area contributed by atoms with Crippen molar-refractivity contribution in [3.05, 3.63) is 94.0 Å². The number of Topliss-reactive ketones (excluding diaryl/α,β-unsaturated/α-hetero) is 1. The van der Waals surface area contributed by atoms with E-state index in [0.29, 0.717) is 16.3 Å².